The van der Waals surface area contributed by atoms with E-state index in [1.165, 1.54) is 10.9 Å². The van der Waals surface area contributed by atoms with Gasteiger partial charge in [-0.2, -0.15) is 0 Å². The molecule has 0 fully saturated rings. The van der Waals surface area contributed by atoms with Gasteiger partial charge in [-0.15, -0.1) is 0 Å². The van der Waals surface area contributed by atoms with Crippen LogP contribution in [0, 0.1) is 0 Å². The Balaban J connectivity index is 2.47. The summed E-state index contributed by atoms with van der Waals surface area (Å²) in [5.41, 5.74) is 2.35. The molecule has 0 unspecified atom stereocenters. The molecule has 2 aromatic rings. The molecule has 0 aliphatic carbocycles. The molecule has 1 aromatic carbocycles. The molecule has 0 aliphatic heterocycles. The van der Waals surface area contributed by atoms with Crippen molar-refractivity contribution in [3.8, 4) is 0 Å². The molecular formula is C12H13NO. The second kappa shape index (κ2) is 3.68. The number of benzene rings is 1. The van der Waals surface area contributed by atoms with E-state index in [9.17, 15) is 0 Å². The fourth-order valence-corrected chi connectivity index (χ4v) is 1.59. The van der Waals surface area contributed by atoms with Gasteiger partial charge in [-0.3, -0.25) is 0 Å². The SMILES string of the molecule is Cn1ccc2cc(/C=C/CO)ccc21. The van der Waals surface area contributed by atoms with E-state index in [-0.39, 0.29) is 6.61 Å². The van der Waals surface area contributed by atoms with E-state index >= 15 is 0 Å². The molecule has 0 amide bonds. The number of nitrogens with zero attached hydrogens (tertiary/aromatic N) is 1. The van der Waals surface area contributed by atoms with Crippen LogP contribution in [0.5, 0.6) is 0 Å². The Kier molecular flexibility index (Phi) is 2.37. The fourth-order valence-electron chi connectivity index (χ4n) is 1.59. The summed E-state index contributed by atoms with van der Waals surface area (Å²) in [6.07, 6.45) is 5.71. The molecule has 0 aliphatic rings. The number of aromatic nitrogens is 1. The van der Waals surface area contributed by atoms with Crippen molar-refractivity contribution in [2.24, 2.45) is 7.05 Å². The van der Waals surface area contributed by atoms with Crippen LogP contribution >= 0.6 is 0 Å². The van der Waals surface area contributed by atoms with Gasteiger partial charge >= 0.3 is 0 Å². The van der Waals surface area contributed by atoms with Gasteiger partial charge in [-0.25, -0.2) is 0 Å². The first-order chi connectivity index (χ1) is 6.81. The van der Waals surface area contributed by atoms with Gasteiger partial charge in [-0.05, 0) is 23.8 Å². The highest BCUT2D eigenvalue weighted by atomic mass is 16.2. The summed E-state index contributed by atoms with van der Waals surface area (Å²) >= 11 is 0. The minimum absolute atomic E-state index is 0.0901. The topological polar surface area (TPSA) is 25.2 Å². The Morgan fingerprint density at radius 2 is 2.21 bits per heavy atom. The maximum Gasteiger partial charge on any atom is 0.0615 e. The molecule has 2 rings (SSSR count). The van der Waals surface area contributed by atoms with Gasteiger partial charge in [0.15, 0.2) is 0 Å². The molecule has 0 spiro atoms. The third kappa shape index (κ3) is 1.56. The number of fused-ring (bicyclic) bond motifs is 1. The van der Waals surface area contributed by atoms with Crippen molar-refractivity contribution < 1.29 is 5.11 Å². The second-order valence-electron chi connectivity index (χ2n) is 3.33. The lowest BCUT2D eigenvalue weighted by atomic mass is 10.1. The Morgan fingerprint density at radius 1 is 1.36 bits per heavy atom. The van der Waals surface area contributed by atoms with Crippen molar-refractivity contribution in [3.05, 3.63) is 42.1 Å². The van der Waals surface area contributed by atoms with Crippen LogP contribution < -0.4 is 0 Å². The van der Waals surface area contributed by atoms with E-state index in [0.717, 1.165) is 5.56 Å². The predicted molar refractivity (Wildman–Crippen MR) is 59.0 cm³/mol. The minimum atomic E-state index is 0.0901. The van der Waals surface area contributed by atoms with Crippen LogP contribution in [0.3, 0.4) is 0 Å². The monoisotopic (exact) mass is 187 g/mol. The molecule has 1 N–H and O–H groups in total. The molecule has 14 heavy (non-hydrogen) atoms. The Hall–Kier alpha value is -1.54. The summed E-state index contributed by atoms with van der Waals surface area (Å²) in [5.74, 6) is 0. The summed E-state index contributed by atoms with van der Waals surface area (Å²) in [5, 5.41) is 9.88. The van der Waals surface area contributed by atoms with E-state index < -0.39 is 0 Å². The number of aliphatic hydroxyl groups excluding tert-OH is 1. The summed E-state index contributed by atoms with van der Waals surface area (Å²) in [6, 6.07) is 8.34. The molecule has 2 heteroatoms. The zero-order valence-corrected chi connectivity index (χ0v) is 8.14. The van der Waals surface area contributed by atoms with E-state index in [1.54, 1.807) is 6.08 Å². The second-order valence-corrected chi connectivity index (χ2v) is 3.33. The van der Waals surface area contributed by atoms with E-state index in [1.807, 2.05) is 19.3 Å². The smallest absolute Gasteiger partial charge is 0.0615 e. The van der Waals surface area contributed by atoms with Gasteiger partial charge in [0.1, 0.15) is 0 Å². The standard InChI is InChI=1S/C12H13NO/c1-13-7-6-11-9-10(3-2-8-14)4-5-12(11)13/h2-7,9,14H,8H2,1H3/b3-2+. The average Bonchev–Trinajstić information content (AvgIpc) is 2.57. The molecule has 1 aromatic heterocycles. The normalized spacial score (nSPS) is 11.6. The summed E-state index contributed by atoms with van der Waals surface area (Å²) in [4.78, 5) is 0. The Bertz CT molecular complexity index is 468. The molecule has 0 bridgehead atoms. The van der Waals surface area contributed by atoms with Crippen LogP contribution in [0.4, 0.5) is 0 Å². The quantitative estimate of drug-likeness (QED) is 0.766. The fraction of sp³-hybridized carbons (Fsp3) is 0.167. The lowest BCUT2D eigenvalue weighted by Gasteiger charge is -1.97. The average molecular weight is 187 g/mol. The molecule has 0 saturated carbocycles. The van der Waals surface area contributed by atoms with Crippen LogP contribution in [0.15, 0.2) is 36.5 Å². The molecule has 2 nitrogen and oxygen atoms in total. The summed E-state index contributed by atoms with van der Waals surface area (Å²) in [7, 11) is 2.03. The van der Waals surface area contributed by atoms with Crippen molar-refractivity contribution in [2.75, 3.05) is 6.61 Å². The first-order valence-electron chi connectivity index (χ1n) is 4.64. The highest BCUT2D eigenvalue weighted by molar-refractivity contribution is 5.82. The van der Waals surface area contributed by atoms with Crippen molar-refractivity contribution in [1.82, 2.24) is 4.57 Å². The van der Waals surface area contributed by atoms with Crippen molar-refractivity contribution in [2.45, 2.75) is 0 Å². The summed E-state index contributed by atoms with van der Waals surface area (Å²) in [6.45, 7) is 0.0901. The minimum Gasteiger partial charge on any atom is -0.392 e. The first kappa shape index (κ1) is 9.03. The lowest BCUT2D eigenvalue weighted by Crippen LogP contribution is -1.83. The van der Waals surface area contributed by atoms with Gasteiger partial charge in [0.25, 0.3) is 0 Å². The third-order valence-corrected chi connectivity index (χ3v) is 2.32. The third-order valence-electron chi connectivity index (χ3n) is 2.32. The van der Waals surface area contributed by atoms with Crippen LogP contribution in [-0.4, -0.2) is 16.3 Å². The Labute approximate surface area is 83.1 Å². The zero-order chi connectivity index (χ0) is 9.97. The maximum atomic E-state index is 8.65. The maximum absolute atomic E-state index is 8.65. The lowest BCUT2D eigenvalue weighted by molar-refractivity contribution is 0.343. The van der Waals surface area contributed by atoms with E-state index in [2.05, 4.69) is 28.8 Å². The van der Waals surface area contributed by atoms with Crippen molar-refractivity contribution in [3.63, 3.8) is 0 Å². The first-order valence-corrected chi connectivity index (χ1v) is 4.64. The highest BCUT2D eigenvalue weighted by Gasteiger charge is 1.96. The molecule has 1 heterocycles. The largest absolute Gasteiger partial charge is 0.392 e. The van der Waals surface area contributed by atoms with Gasteiger partial charge in [-0.1, -0.05) is 18.2 Å². The van der Waals surface area contributed by atoms with Crippen LogP contribution in [-0.2, 0) is 7.05 Å². The van der Waals surface area contributed by atoms with Crippen LogP contribution in [0.1, 0.15) is 5.56 Å². The number of rotatable bonds is 2. The molecule has 0 radical (unpaired) electrons. The molecular weight excluding hydrogens is 174 g/mol. The highest BCUT2D eigenvalue weighted by Crippen LogP contribution is 2.17. The Morgan fingerprint density at radius 3 is 3.00 bits per heavy atom. The van der Waals surface area contributed by atoms with Gasteiger partial charge < -0.3 is 9.67 Å². The van der Waals surface area contributed by atoms with Crippen molar-refractivity contribution >= 4 is 17.0 Å². The molecule has 0 saturated heterocycles. The molecule has 72 valence electrons. The van der Waals surface area contributed by atoms with Crippen molar-refractivity contribution in [1.29, 1.82) is 0 Å². The van der Waals surface area contributed by atoms with Gasteiger partial charge in [0.2, 0.25) is 0 Å². The number of aliphatic hydroxyl groups is 1. The zero-order valence-electron chi connectivity index (χ0n) is 8.14. The number of hydrogen-bond acceptors (Lipinski definition) is 1. The van der Waals surface area contributed by atoms with E-state index in [0.29, 0.717) is 0 Å². The predicted octanol–water partition coefficient (Wildman–Crippen LogP) is 2.18. The number of aryl methyl sites for hydroxylation is 1. The van der Waals surface area contributed by atoms with Crippen LogP contribution in [0.25, 0.3) is 17.0 Å². The van der Waals surface area contributed by atoms with Gasteiger partial charge in [0.05, 0.1) is 6.61 Å². The molecule has 0 atom stereocenters. The summed E-state index contributed by atoms with van der Waals surface area (Å²) < 4.78 is 2.09. The van der Waals surface area contributed by atoms with Crippen LogP contribution in [0.2, 0.25) is 0 Å². The van der Waals surface area contributed by atoms with Gasteiger partial charge in [0, 0.05) is 24.1 Å². The number of hydrogen-bond donors (Lipinski definition) is 1. The van der Waals surface area contributed by atoms with E-state index in [4.69, 9.17) is 5.11 Å².